The van der Waals surface area contributed by atoms with Crippen molar-refractivity contribution in [3.8, 4) is 5.88 Å². The van der Waals surface area contributed by atoms with Crippen LogP contribution >= 0.6 is 0 Å². The number of hydrogen-bond acceptors (Lipinski definition) is 9. The molecule has 210 valence electrons. The highest BCUT2D eigenvalue weighted by molar-refractivity contribution is 5.59. The summed E-state index contributed by atoms with van der Waals surface area (Å²) in [5.41, 5.74) is 0.524. The summed E-state index contributed by atoms with van der Waals surface area (Å²) < 4.78 is 69.7. The van der Waals surface area contributed by atoms with Gasteiger partial charge in [0.05, 0.1) is 18.7 Å². The summed E-state index contributed by atoms with van der Waals surface area (Å²) in [4.78, 5) is 11.3. The predicted molar refractivity (Wildman–Crippen MR) is 124 cm³/mol. The van der Waals surface area contributed by atoms with Crippen molar-refractivity contribution < 1.29 is 51.9 Å². The van der Waals surface area contributed by atoms with Gasteiger partial charge in [-0.3, -0.25) is 4.68 Å². The fraction of sp³-hybridized carbons (Fsp3) is 0.600. The maximum Gasteiger partial charge on any atom is 0.508 e. The highest BCUT2D eigenvalue weighted by atomic mass is 19.4. The molecule has 1 aliphatic carbocycles. The molecule has 4 rings (SSSR count). The van der Waals surface area contributed by atoms with Crippen molar-refractivity contribution in [3.63, 3.8) is 0 Å². The minimum Gasteiger partial charge on any atom is -0.441 e. The molecule has 2 N–H and O–H groups in total. The fourth-order valence-electron chi connectivity index (χ4n) is 4.64. The molecule has 1 saturated carbocycles. The van der Waals surface area contributed by atoms with E-state index in [9.17, 15) is 28.2 Å². The van der Waals surface area contributed by atoms with Gasteiger partial charge in [-0.05, 0) is 30.4 Å². The lowest BCUT2D eigenvalue weighted by molar-refractivity contribution is -0.372. The van der Waals surface area contributed by atoms with Crippen molar-refractivity contribution >= 4 is 6.16 Å². The van der Waals surface area contributed by atoms with Crippen LogP contribution in [-0.4, -0.2) is 64.8 Å². The summed E-state index contributed by atoms with van der Waals surface area (Å²) in [5, 5.41) is 24.6. The van der Waals surface area contributed by atoms with Gasteiger partial charge in [-0.1, -0.05) is 44.0 Å². The van der Waals surface area contributed by atoms with E-state index < -0.39 is 55.6 Å². The van der Waals surface area contributed by atoms with Crippen LogP contribution in [0.3, 0.4) is 0 Å². The van der Waals surface area contributed by atoms with Crippen molar-refractivity contribution in [1.29, 1.82) is 0 Å². The van der Waals surface area contributed by atoms with E-state index in [0.717, 1.165) is 36.6 Å². The summed E-state index contributed by atoms with van der Waals surface area (Å²) in [6, 6.07) is 6.74. The van der Waals surface area contributed by atoms with Crippen molar-refractivity contribution in [3.05, 3.63) is 46.6 Å². The molecule has 10 nitrogen and oxygen atoms in total. The molecular formula is C25H31F3N2O8. The Kier molecular flexibility index (Phi) is 8.81. The van der Waals surface area contributed by atoms with Crippen LogP contribution in [0.15, 0.2) is 24.3 Å². The first kappa shape index (κ1) is 28.1. The molecule has 2 aromatic rings. The molecule has 2 heterocycles. The third-order valence-corrected chi connectivity index (χ3v) is 6.62. The largest absolute Gasteiger partial charge is 0.508 e. The Morgan fingerprint density at radius 2 is 1.76 bits per heavy atom. The Bertz CT molecular complexity index is 1090. The Morgan fingerprint density at radius 1 is 1.11 bits per heavy atom. The normalized spacial score (nSPS) is 24.4. The third-order valence-electron chi connectivity index (χ3n) is 6.62. The van der Waals surface area contributed by atoms with E-state index in [1.165, 1.54) is 0 Å². The second kappa shape index (κ2) is 11.9. The van der Waals surface area contributed by atoms with Gasteiger partial charge in [-0.2, -0.15) is 13.2 Å². The van der Waals surface area contributed by atoms with Gasteiger partial charge < -0.3 is 33.9 Å². The Balaban J connectivity index is 1.67. The topological polar surface area (TPSA) is 122 Å². The number of carbonyl (C=O) groups excluding carboxylic acids is 1. The third kappa shape index (κ3) is 6.40. The van der Waals surface area contributed by atoms with Gasteiger partial charge in [0.15, 0.2) is 6.29 Å². The first-order valence-electron chi connectivity index (χ1n) is 12.4. The predicted octanol–water partition coefficient (Wildman–Crippen LogP) is 3.71. The first-order chi connectivity index (χ1) is 18.1. The van der Waals surface area contributed by atoms with E-state index in [-0.39, 0.29) is 17.9 Å². The molecule has 4 atom stereocenters. The Hall–Kier alpha value is -2.87. The van der Waals surface area contributed by atoms with Gasteiger partial charge in [0.2, 0.25) is 12.2 Å². The summed E-state index contributed by atoms with van der Waals surface area (Å²) in [7, 11) is 1.09. The average Bonchev–Trinajstić information content (AvgIpc) is 3.53. The molecule has 0 amide bonds. The van der Waals surface area contributed by atoms with Crippen LogP contribution in [0.1, 0.15) is 61.0 Å². The number of aliphatic hydroxyl groups is 2. The summed E-state index contributed by atoms with van der Waals surface area (Å²) in [6.45, 7) is 1.45. The van der Waals surface area contributed by atoms with Crippen molar-refractivity contribution in [2.24, 2.45) is 0 Å². The van der Waals surface area contributed by atoms with Crippen molar-refractivity contribution in [1.82, 2.24) is 9.78 Å². The van der Waals surface area contributed by atoms with Gasteiger partial charge in [0.1, 0.15) is 18.4 Å². The number of alkyl halides is 3. The molecule has 1 saturated heterocycles. The maximum atomic E-state index is 14.5. The van der Waals surface area contributed by atoms with Gasteiger partial charge >= 0.3 is 12.3 Å². The number of aromatic nitrogens is 2. The number of hydrogen-bond donors (Lipinski definition) is 2. The van der Waals surface area contributed by atoms with Crippen LogP contribution in [-0.2, 0) is 38.0 Å². The number of ether oxygens (including phenoxy) is 5. The van der Waals surface area contributed by atoms with Crippen LogP contribution in [0.2, 0.25) is 0 Å². The Morgan fingerprint density at radius 3 is 2.37 bits per heavy atom. The minimum absolute atomic E-state index is 0.137. The lowest BCUT2D eigenvalue weighted by Crippen LogP contribution is -2.53. The molecule has 38 heavy (non-hydrogen) atoms. The SMILES string of the molecule is CCc1ccc(Cc2c(OC3OC(COC(=O)OC)C(O)OC3O)nn(C3CCCC3)c2C(F)(F)F)cc1. The van der Waals surface area contributed by atoms with E-state index in [4.69, 9.17) is 18.9 Å². The summed E-state index contributed by atoms with van der Waals surface area (Å²) in [6.07, 6.45) is -9.03. The van der Waals surface area contributed by atoms with Gasteiger partial charge in [-0.25, -0.2) is 4.79 Å². The second-order valence-corrected chi connectivity index (χ2v) is 9.20. The molecule has 0 spiro atoms. The molecule has 0 radical (unpaired) electrons. The van der Waals surface area contributed by atoms with Gasteiger partial charge in [-0.15, -0.1) is 5.10 Å². The zero-order valence-corrected chi connectivity index (χ0v) is 21.0. The van der Waals surface area contributed by atoms with Gasteiger partial charge in [0, 0.05) is 6.42 Å². The summed E-state index contributed by atoms with van der Waals surface area (Å²) >= 11 is 0. The first-order valence-corrected chi connectivity index (χ1v) is 12.4. The molecule has 2 fully saturated rings. The number of halogens is 3. The molecule has 13 heteroatoms. The Labute approximate surface area is 217 Å². The number of aliphatic hydroxyl groups excluding tert-OH is 2. The van der Waals surface area contributed by atoms with E-state index >= 15 is 0 Å². The average molecular weight is 545 g/mol. The molecule has 4 unspecified atom stereocenters. The van der Waals surface area contributed by atoms with Crippen molar-refractivity contribution in [2.75, 3.05) is 13.7 Å². The molecule has 1 aromatic carbocycles. The van der Waals surface area contributed by atoms with Crippen LogP contribution < -0.4 is 4.74 Å². The van der Waals surface area contributed by atoms with E-state index in [1.807, 2.05) is 19.1 Å². The van der Waals surface area contributed by atoms with Crippen LogP contribution in [0.25, 0.3) is 0 Å². The van der Waals surface area contributed by atoms with Gasteiger partial charge in [0.25, 0.3) is 6.29 Å². The number of aryl methyl sites for hydroxylation is 1. The lowest BCUT2D eigenvalue weighted by Gasteiger charge is -2.36. The number of nitrogens with zero attached hydrogens (tertiary/aromatic N) is 2. The maximum absolute atomic E-state index is 14.5. The standard InChI is InChI=1S/C25H31F3N2O8/c1-3-14-8-10-15(11-9-14)12-17-19(25(26,27)28)30(16-6-4-5-7-16)29-20(17)37-23-22(32)38-21(31)18(36-23)13-35-24(33)34-2/h8-11,16,18,21-23,31-32H,3-7,12-13H2,1-2H3. The smallest absolute Gasteiger partial charge is 0.441 e. The zero-order valence-electron chi connectivity index (χ0n) is 21.0. The zero-order chi connectivity index (χ0) is 27.4. The quantitative estimate of drug-likeness (QED) is 0.479. The lowest BCUT2D eigenvalue weighted by atomic mass is 10.0. The van der Waals surface area contributed by atoms with Crippen LogP contribution in [0.4, 0.5) is 18.0 Å². The molecule has 2 aliphatic rings. The number of benzene rings is 1. The van der Waals surface area contributed by atoms with E-state index in [2.05, 4.69) is 9.84 Å². The van der Waals surface area contributed by atoms with Crippen LogP contribution in [0, 0.1) is 0 Å². The van der Waals surface area contributed by atoms with E-state index in [0.29, 0.717) is 18.4 Å². The van der Waals surface area contributed by atoms with E-state index in [1.54, 1.807) is 12.1 Å². The number of methoxy groups -OCH3 is 1. The second-order valence-electron chi connectivity index (χ2n) is 9.20. The highest BCUT2D eigenvalue weighted by Crippen LogP contribution is 2.42. The van der Waals surface area contributed by atoms with Crippen molar-refractivity contribution in [2.45, 2.75) is 82.6 Å². The number of carbonyl (C=O) groups is 1. The van der Waals surface area contributed by atoms with Crippen LogP contribution in [0.5, 0.6) is 5.88 Å². The number of rotatable bonds is 8. The highest BCUT2D eigenvalue weighted by Gasteiger charge is 2.45. The molecule has 1 aliphatic heterocycles. The molecule has 1 aromatic heterocycles. The fourth-order valence-corrected chi connectivity index (χ4v) is 4.64. The minimum atomic E-state index is -4.73. The molecular weight excluding hydrogens is 513 g/mol. The molecule has 0 bridgehead atoms. The summed E-state index contributed by atoms with van der Waals surface area (Å²) in [5.74, 6) is -0.375. The monoisotopic (exact) mass is 544 g/mol.